The maximum Gasteiger partial charge on any atom is 0.312 e. The van der Waals surface area contributed by atoms with Crippen LogP contribution in [0.2, 0.25) is 0 Å². The quantitative estimate of drug-likeness (QED) is 0.638. The molecule has 0 saturated carbocycles. The second-order valence-electron chi connectivity index (χ2n) is 4.18. The molecule has 0 aliphatic carbocycles. The lowest BCUT2D eigenvalue weighted by Crippen LogP contribution is -2.39. The number of rotatable bonds is 5. The summed E-state index contributed by atoms with van der Waals surface area (Å²) in [7, 11) is 1.64. The van der Waals surface area contributed by atoms with Crippen LogP contribution in [-0.2, 0) is 4.79 Å². The van der Waals surface area contributed by atoms with Gasteiger partial charge in [0.2, 0.25) is 11.7 Å². The van der Waals surface area contributed by atoms with Crippen LogP contribution < -0.4 is 5.32 Å². The molecule has 1 rings (SSSR count). The number of carbonyl (C=O) groups is 1. The summed E-state index contributed by atoms with van der Waals surface area (Å²) < 4.78 is 0. The van der Waals surface area contributed by atoms with Crippen molar-refractivity contribution in [2.75, 3.05) is 18.9 Å². The molecule has 1 N–H and O–H groups in total. The third kappa shape index (κ3) is 3.41. The topological polar surface area (TPSA) is 112 Å². The smallest absolute Gasteiger partial charge is 0.312 e. The molecule has 8 heteroatoms. The van der Waals surface area contributed by atoms with Gasteiger partial charge in [-0.3, -0.25) is 14.9 Å². The van der Waals surface area contributed by atoms with E-state index in [4.69, 9.17) is 5.26 Å². The highest BCUT2D eigenvalue weighted by Gasteiger charge is 2.22. The van der Waals surface area contributed by atoms with Gasteiger partial charge in [0.25, 0.3) is 0 Å². The molecule has 0 aliphatic heterocycles. The van der Waals surface area contributed by atoms with Gasteiger partial charge in [-0.15, -0.1) is 0 Å². The number of hydrogen-bond acceptors (Lipinski definition) is 6. The summed E-state index contributed by atoms with van der Waals surface area (Å²) in [5.41, 5.74) is -0.241. The van der Waals surface area contributed by atoms with Crippen molar-refractivity contribution < 1.29 is 9.72 Å². The molecule has 0 aliphatic rings. The molecule has 20 heavy (non-hydrogen) atoms. The SMILES string of the molecule is CCN(C)C(=O)C(C)Nc1ncc(C#N)cc1[N+](=O)[O-]. The van der Waals surface area contributed by atoms with Crippen molar-refractivity contribution in [3.8, 4) is 6.07 Å². The summed E-state index contributed by atoms with van der Waals surface area (Å²) in [6.45, 7) is 3.96. The van der Waals surface area contributed by atoms with Gasteiger partial charge in [0.1, 0.15) is 12.1 Å². The van der Waals surface area contributed by atoms with Crippen molar-refractivity contribution in [1.29, 1.82) is 5.26 Å². The first-order chi connectivity index (χ1) is 9.40. The second kappa shape index (κ2) is 6.47. The number of pyridine rings is 1. The average molecular weight is 277 g/mol. The molecule has 0 aromatic carbocycles. The molecule has 8 nitrogen and oxygen atoms in total. The molecular formula is C12H15N5O3. The lowest BCUT2D eigenvalue weighted by atomic mass is 10.2. The number of amides is 1. The third-order valence-electron chi connectivity index (χ3n) is 2.77. The van der Waals surface area contributed by atoms with Crippen LogP contribution >= 0.6 is 0 Å². The summed E-state index contributed by atoms with van der Waals surface area (Å²) in [6.07, 6.45) is 1.22. The van der Waals surface area contributed by atoms with Crippen LogP contribution in [-0.4, -0.2) is 40.3 Å². The molecule has 0 radical (unpaired) electrons. The van der Waals surface area contributed by atoms with Crippen molar-refractivity contribution in [2.45, 2.75) is 19.9 Å². The molecule has 0 fully saturated rings. The van der Waals surface area contributed by atoms with Crippen LogP contribution in [0.3, 0.4) is 0 Å². The number of carbonyl (C=O) groups excluding carboxylic acids is 1. The highest BCUT2D eigenvalue weighted by atomic mass is 16.6. The molecule has 0 saturated heterocycles. The van der Waals surface area contributed by atoms with Gasteiger partial charge >= 0.3 is 5.69 Å². The molecule has 106 valence electrons. The van der Waals surface area contributed by atoms with Gasteiger partial charge in [-0.05, 0) is 13.8 Å². The Morgan fingerprint density at radius 2 is 2.35 bits per heavy atom. The fourth-order valence-electron chi connectivity index (χ4n) is 1.52. The van der Waals surface area contributed by atoms with Crippen LogP contribution in [0.5, 0.6) is 0 Å². The largest absolute Gasteiger partial charge is 0.353 e. The Labute approximate surface area is 116 Å². The van der Waals surface area contributed by atoms with E-state index in [1.807, 2.05) is 6.92 Å². The molecule has 1 unspecified atom stereocenters. The minimum absolute atomic E-state index is 0.0284. The zero-order valence-corrected chi connectivity index (χ0v) is 11.5. The third-order valence-corrected chi connectivity index (χ3v) is 2.77. The molecule has 1 heterocycles. The number of nitrogens with one attached hydrogen (secondary N) is 1. The zero-order valence-electron chi connectivity index (χ0n) is 11.5. The van der Waals surface area contributed by atoms with Crippen molar-refractivity contribution in [2.24, 2.45) is 0 Å². The van der Waals surface area contributed by atoms with Crippen LogP contribution in [0.15, 0.2) is 12.3 Å². The second-order valence-corrected chi connectivity index (χ2v) is 4.18. The fourth-order valence-corrected chi connectivity index (χ4v) is 1.52. The van der Waals surface area contributed by atoms with Crippen molar-refractivity contribution >= 4 is 17.4 Å². The van der Waals surface area contributed by atoms with E-state index in [1.165, 1.54) is 11.1 Å². The lowest BCUT2D eigenvalue weighted by Gasteiger charge is -2.20. The number of nitrogens with zero attached hydrogens (tertiary/aromatic N) is 4. The van der Waals surface area contributed by atoms with E-state index in [0.717, 1.165) is 6.07 Å². The molecule has 1 amide bonds. The Balaban J connectivity index is 3.01. The Bertz CT molecular complexity index is 567. The Hall–Kier alpha value is -2.69. The molecule has 1 atom stereocenters. The first kappa shape index (κ1) is 15.4. The van der Waals surface area contributed by atoms with E-state index in [0.29, 0.717) is 6.54 Å². The number of nitriles is 1. The highest BCUT2D eigenvalue weighted by Crippen LogP contribution is 2.23. The number of likely N-dealkylation sites (N-methyl/N-ethyl adjacent to an activating group) is 1. The molecular weight excluding hydrogens is 262 g/mol. The summed E-state index contributed by atoms with van der Waals surface area (Å²) in [6, 6.07) is 2.25. The van der Waals surface area contributed by atoms with Gasteiger partial charge < -0.3 is 10.2 Å². The van der Waals surface area contributed by atoms with Crippen molar-refractivity contribution in [3.63, 3.8) is 0 Å². The zero-order chi connectivity index (χ0) is 15.3. The van der Waals surface area contributed by atoms with Gasteiger partial charge in [-0.25, -0.2) is 4.98 Å². The van der Waals surface area contributed by atoms with E-state index in [2.05, 4.69) is 10.3 Å². The number of nitro groups is 1. The Morgan fingerprint density at radius 1 is 1.70 bits per heavy atom. The molecule has 0 spiro atoms. The van der Waals surface area contributed by atoms with Crippen LogP contribution in [0.1, 0.15) is 19.4 Å². The van der Waals surface area contributed by atoms with Gasteiger partial charge in [0.05, 0.1) is 10.5 Å². The maximum absolute atomic E-state index is 11.9. The van der Waals surface area contributed by atoms with E-state index < -0.39 is 11.0 Å². The van der Waals surface area contributed by atoms with Crippen LogP contribution in [0.25, 0.3) is 0 Å². The predicted molar refractivity (Wildman–Crippen MR) is 72.0 cm³/mol. The van der Waals surface area contributed by atoms with E-state index in [1.54, 1.807) is 20.0 Å². The van der Waals surface area contributed by atoms with Gasteiger partial charge in [0, 0.05) is 25.9 Å². The summed E-state index contributed by atoms with van der Waals surface area (Å²) in [4.78, 5) is 27.5. The first-order valence-electron chi connectivity index (χ1n) is 5.96. The summed E-state index contributed by atoms with van der Waals surface area (Å²) >= 11 is 0. The number of hydrogen-bond donors (Lipinski definition) is 1. The Morgan fingerprint density at radius 3 is 2.85 bits per heavy atom. The average Bonchev–Trinajstić information content (AvgIpc) is 2.45. The van der Waals surface area contributed by atoms with E-state index in [9.17, 15) is 14.9 Å². The summed E-state index contributed by atoms with van der Waals surface area (Å²) in [5, 5.41) is 22.4. The van der Waals surface area contributed by atoms with Crippen LogP contribution in [0, 0.1) is 21.4 Å². The molecule has 0 bridgehead atoms. The molecule has 1 aromatic heterocycles. The van der Waals surface area contributed by atoms with Crippen molar-refractivity contribution in [3.05, 3.63) is 27.9 Å². The standard InChI is InChI=1S/C12H15N5O3/c1-4-16(3)12(18)8(2)15-11-10(17(19)20)5-9(6-13)7-14-11/h5,7-8H,4H2,1-3H3,(H,14,15). The van der Waals surface area contributed by atoms with Crippen molar-refractivity contribution in [1.82, 2.24) is 9.88 Å². The van der Waals surface area contributed by atoms with E-state index >= 15 is 0 Å². The van der Waals surface area contributed by atoms with Crippen LogP contribution in [0.4, 0.5) is 11.5 Å². The minimum Gasteiger partial charge on any atom is -0.353 e. The lowest BCUT2D eigenvalue weighted by molar-refractivity contribution is -0.384. The van der Waals surface area contributed by atoms with Gasteiger partial charge in [0.15, 0.2) is 0 Å². The van der Waals surface area contributed by atoms with E-state index in [-0.39, 0.29) is 23.0 Å². The highest BCUT2D eigenvalue weighted by molar-refractivity contribution is 5.84. The predicted octanol–water partition coefficient (Wildman–Crippen LogP) is 1.14. The number of aromatic nitrogens is 1. The first-order valence-corrected chi connectivity index (χ1v) is 5.96. The number of anilines is 1. The minimum atomic E-state index is -0.654. The monoisotopic (exact) mass is 277 g/mol. The maximum atomic E-state index is 11.9. The fraction of sp³-hybridized carbons (Fsp3) is 0.417. The van der Waals surface area contributed by atoms with Gasteiger partial charge in [-0.1, -0.05) is 0 Å². The van der Waals surface area contributed by atoms with Gasteiger partial charge in [-0.2, -0.15) is 5.26 Å². The normalized spacial score (nSPS) is 11.3. The summed E-state index contributed by atoms with van der Waals surface area (Å²) in [5.74, 6) is -0.229. The molecule has 1 aromatic rings. The Kier molecular flexibility index (Phi) is 4.97.